The molecule has 2 atom stereocenters. The van der Waals surface area contributed by atoms with Crippen LogP contribution in [0.25, 0.3) is 0 Å². The summed E-state index contributed by atoms with van der Waals surface area (Å²) in [5.74, 6) is -0.321. The largest absolute Gasteiger partial charge is 0.328 e. The van der Waals surface area contributed by atoms with Crippen LogP contribution >= 0.6 is 12.4 Å². The SMILES string of the molecule is Cl.NC1CCCC(C(=O)Nc2ccc(F)cc2)C1. The number of nitrogens with two attached hydrogens (primary N) is 1. The van der Waals surface area contributed by atoms with Crippen LogP contribution in [-0.4, -0.2) is 11.9 Å². The Bertz CT molecular complexity index is 396. The van der Waals surface area contributed by atoms with Crippen LogP contribution in [0.5, 0.6) is 0 Å². The summed E-state index contributed by atoms with van der Waals surface area (Å²) in [6.07, 6.45) is 3.64. The Morgan fingerprint density at radius 1 is 1.28 bits per heavy atom. The molecule has 100 valence electrons. The average molecular weight is 273 g/mol. The lowest BCUT2D eigenvalue weighted by Gasteiger charge is -2.25. The molecule has 18 heavy (non-hydrogen) atoms. The topological polar surface area (TPSA) is 55.1 Å². The van der Waals surface area contributed by atoms with Gasteiger partial charge in [-0.25, -0.2) is 4.39 Å². The van der Waals surface area contributed by atoms with Crippen LogP contribution in [-0.2, 0) is 4.79 Å². The molecular weight excluding hydrogens is 255 g/mol. The van der Waals surface area contributed by atoms with Crippen molar-refractivity contribution in [3.05, 3.63) is 30.1 Å². The molecule has 3 nitrogen and oxygen atoms in total. The van der Waals surface area contributed by atoms with Gasteiger partial charge in [0.1, 0.15) is 5.82 Å². The van der Waals surface area contributed by atoms with Crippen molar-refractivity contribution in [2.45, 2.75) is 31.7 Å². The Balaban J connectivity index is 0.00000162. The first kappa shape index (κ1) is 14.9. The van der Waals surface area contributed by atoms with Crippen LogP contribution in [0.4, 0.5) is 10.1 Å². The second-order valence-corrected chi connectivity index (χ2v) is 4.62. The summed E-state index contributed by atoms with van der Waals surface area (Å²) in [4.78, 5) is 11.9. The molecule has 0 aliphatic heterocycles. The van der Waals surface area contributed by atoms with Crippen molar-refractivity contribution in [2.24, 2.45) is 11.7 Å². The van der Waals surface area contributed by atoms with Crippen molar-refractivity contribution < 1.29 is 9.18 Å². The van der Waals surface area contributed by atoms with Crippen molar-refractivity contribution in [2.75, 3.05) is 5.32 Å². The smallest absolute Gasteiger partial charge is 0.227 e. The van der Waals surface area contributed by atoms with Crippen molar-refractivity contribution in [3.63, 3.8) is 0 Å². The van der Waals surface area contributed by atoms with E-state index in [1.165, 1.54) is 12.1 Å². The third-order valence-corrected chi connectivity index (χ3v) is 3.20. The molecule has 1 saturated carbocycles. The number of carbonyl (C=O) groups is 1. The van der Waals surface area contributed by atoms with Crippen LogP contribution in [0, 0.1) is 11.7 Å². The third kappa shape index (κ3) is 3.96. The van der Waals surface area contributed by atoms with E-state index in [1.807, 2.05) is 0 Å². The molecule has 2 unspecified atom stereocenters. The van der Waals surface area contributed by atoms with Gasteiger partial charge in [-0.05, 0) is 43.5 Å². The normalized spacial score (nSPS) is 23.0. The molecule has 0 aromatic heterocycles. The monoisotopic (exact) mass is 272 g/mol. The highest BCUT2D eigenvalue weighted by molar-refractivity contribution is 5.92. The minimum atomic E-state index is -0.303. The predicted octanol–water partition coefficient (Wildman–Crippen LogP) is 2.70. The summed E-state index contributed by atoms with van der Waals surface area (Å²) in [5, 5.41) is 2.80. The predicted molar refractivity (Wildman–Crippen MR) is 72.2 cm³/mol. The molecule has 1 aliphatic rings. The fourth-order valence-corrected chi connectivity index (χ4v) is 2.24. The van der Waals surface area contributed by atoms with E-state index in [4.69, 9.17) is 5.73 Å². The van der Waals surface area contributed by atoms with Gasteiger partial charge in [0.15, 0.2) is 0 Å². The zero-order valence-corrected chi connectivity index (χ0v) is 10.9. The zero-order chi connectivity index (χ0) is 12.3. The number of amides is 1. The number of nitrogens with one attached hydrogen (secondary N) is 1. The molecule has 5 heteroatoms. The summed E-state index contributed by atoms with van der Waals surface area (Å²) >= 11 is 0. The highest BCUT2D eigenvalue weighted by Gasteiger charge is 2.25. The fraction of sp³-hybridized carbons (Fsp3) is 0.462. The first-order valence-electron chi connectivity index (χ1n) is 5.97. The van der Waals surface area contributed by atoms with Gasteiger partial charge in [-0.2, -0.15) is 0 Å². The molecule has 1 aromatic carbocycles. The minimum absolute atomic E-state index is 0. The molecule has 1 aliphatic carbocycles. The number of anilines is 1. The van der Waals surface area contributed by atoms with E-state index in [1.54, 1.807) is 12.1 Å². The van der Waals surface area contributed by atoms with Gasteiger partial charge in [0, 0.05) is 17.6 Å². The molecule has 3 N–H and O–H groups in total. The molecule has 0 heterocycles. The number of rotatable bonds is 2. The molecule has 2 rings (SSSR count). The maximum Gasteiger partial charge on any atom is 0.227 e. The summed E-state index contributed by atoms with van der Waals surface area (Å²) in [7, 11) is 0. The Morgan fingerprint density at radius 3 is 2.56 bits per heavy atom. The second-order valence-electron chi connectivity index (χ2n) is 4.62. The van der Waals surface area contributed by atoms with Crippen LogP contribution in [0.3, 0.4) is 0 Å². The van der Waals surface area contributed by atoms with Gasteiger partial charge >= 0.3 is 0 Å². The number of hydrogen-bond acceptors (Lipinski definition) is 2. The quantitative estimate of drug-likeness (QED) is 0.870. The second kappa shape index (κ2) is 6.71. The molecule has 1 fully saturated rings. The zero-order valence-electron chi connectivity index (χ0n) is 10.1. The van der Waals surface area contributed by atoms with Gasteiger partial charge in [0.2, 0.25) is 5.91 Å². The molecular formula is C13H18ClFN2O. The Kier molecular flexibility index (Phi) is 5.56. The van der Waals surface area contributed by atoms with E-state index in [0.717, 1.165) is 25.7 Å². The van der Waals surface area contributed by atoms with Gasteiger partial charge in [-0.15, -0.1) is 12.4 Å². The summed E-state index contributed by atoms with van der Waals surface area (Å²) < 4.78 is 12.7. The first-order chi connectivity index (χ1) is 8.15. The molecule has 0 bridgehead atoms. The fourth-order valence-electron chi connectivity index (χ4n) is 2.24. The maximum absolute atomic E-state index is 12.7. The lowest BCUT2D eigenvalue weighted by atomic mass is 9.85. The molecule has 0 saturated heterocycles. The number of benzene rings is 1. The molecule has 0 radical (unpaired) electrons. The van der Waals surface area contributed by atoms with E-state index < -0.39 is 0 Å². The van der Waals surface area contributed by atoms with Gasteiger partial charge in [0.05, 0.1) is 0 Å². The van der Waals surface area contributed by atoms with Crippen molar-refractivity contribution in [1.82, 2.24) is 0 Å². The summed E-state index contributed by atoms with van der Waals surface area (Å²) in [6, 6.07) is 5.93. The van der Waals surface area contributed by atoms with Crippen LogP contribution in [0.15, 0.2) is 24.3 Å². The van der Waals surface area contributed by atoms with Crippen LogP contribution in [0.2, 0.25) is 0 Å². The van der Waals surface area contributed by atoms with Crippen LogP contribution < -0.4 is 11.1 Å². The highest BCUT2D eigenvalue weighted by atomic mass is 35.5. The van der Waals surface area contributed by atoms with Gasteiger partial charge in [-0.1, -0.05) is 6.42 Å². The van der Waals surface area contributed by atoms with Crippen molar-refractivity contribution >= 4 is 24.0 Å². The van der Waals surface area contributed by atoms with E-state index in [0.29, 0.717) is 5.69 Å². The summed E-state index contributed by atoms with van der Waals surface area (Å²) in [6.45, 7) is 0. The standard InChI is InChI=1S/C13H17FN2O.ClH/c14-10-4-6-12(7-5-10)16-13(17)9-2-1-3-11(15)8-9;/h4-7,9,11H,1-3,8,15H2,(H,16,17);1H. The summed E-state index contributed by atoms with van der Waals surface area (Å²) in [5.41, 5.74) is 6.48. The van der Waals surface area contributed by atoms with Crippen molar-refractivity contribution in [1.29, 1.82) is 0 Å². The minimum Gasteiger partial charge on any atom is -0.328 e. The lowest BCUT2D eigenvalue weighted by molar-refractivity contribution is -0.120. The number of halogens is 2. The van der Waals surface area contributed by atoms with Crippen molar-refractivity contribution in [3.8, 4) is 0 Å². The van der Waals surface area contributed by atoms with Gasteiger partial charge in [-0.3, -0.25) is 4.79 Å². The molecule has 0 spiro atoms. The first-order valence-corrected chi connectivity index (χ1v) is 5.97. The molecule has 1 aromatic rings. The van der Waals surface area contributed by atoms with Gasteiger partial charge < -0.3 is 11.1 Å². The number of carbonyl (C=O) groups excluding carboxylic acids is 1. The number of hydrogen-bond donors (Lipinski definition) is 2. The van der Waals surface area contributed by atoms with Crippen LogP contribution in [0.1, 0.15) is 25.7 Å². The maximum atomic E-state index is 12.7. The lowest BCUT2D eigenvalue weighted by Crippen LogP contribution is -2.34. The Labute approximate surface area is 112 Å². The van der Waals surface area contributed by atoms with E-state index >= 15 is 0 Å². The Morgan fingerprint density at radius 2 is 1.94 bits per heavy atom. The van der Waals surface area contributed by atoms with E-state index in [9.17, 15) is 9.18 Å². The molecule has 1 amide bonds. The highest BCUT2D eigenvalue weighted by Crippen LogP contribution is 2.24. The van der Waals surface area contributed by atoms with Gasteiger partial charge in [0.25, 0.3) is 0 Å². The van der Waals surface area contributed by atoms with E-state index in [2.05, 4.69) is 5.32 Å². The third-order valence-electron chi connectivity index (χ3n) is 3.20. The Hall–Kier alpha value is -1.13. The average Bonchev–Trinajstić information content (AvgIpc) is 2.32. The van der Waals surface area contributed by atoms with E-state index in [-0.39, 0.29) is 36.1 Å².